The molecule has 0 aliphatic heterocycles. The molecule has 0 saturated heterocycles. The maximum Gasteiger partial charge on any atom is 0.287 e. The zero-order valence-corrected chi connectivity index (χ0v) is 12.0. The Morgan fingerprint density at radius 2 is 2.10 bits per heavy atom. The number of benzene rings is 1. The van der Waals surface area contributed by atoms with Gasteiger partial charge in [-0.25, -0.2) is 4.98 Å². The van der Waals surface area contributed by atoms with Crippen molar-refractivity contribution in [3.05, 3.63) is 63.8 Å². The van der Waals surface area contributed by atoms with Gasteiger partial charge in [0.05, 0.1) is 9.95 Å². The van der Waals surface area contributed by atoms with Crippen LogP contribution in [0.4, 0.5) is 5.69 Å². The van der Waals surface area contributed by atoms with Crippen molar-refractivity contribution in [3.63, 3.8) is 0 Å². The second-order valence-corrected chi connectivity index (χ2v) is 5.36. The van der Waals surface area contributed by atoms with Gasteiger partial charge in [-0.2, -0.15) is 0 Å². The maximum absolute atomic E-state index is 10.5. The van der Waals surface area contributed by atoms with Crippen molar-refractivity contribution in [2.45, 2.75) is 10.8 Å². The number of thioether (sulfide) groups is 1. The van der Waals surface area contributed by atoms with Gasteiger partial charge in [0, 0.05) is 17.4 Å². The van der Waals surface area contributed by atoms with Crippen LogP contribution in [0, 0.1) is 10.1 Å². The first kappa shape index (κ1) is 14.4. The second kappa shape index (κ2) is 6.44. The molecule has 0 unspecified atom stereocenters. The third-order valence-electron chi connectivity index (χ3n) is 2.59. The predicted octanol–water partition coefficient (Wildman–Crippen LogP) is 2.92. The Morgan fingerprint density at radius 1 is 1.35 bits per heavy atom. The first-order valence-electron chi connectivity index (χ1n) is 5.69. The van der Waals surface area contributed by atoms with Gasteiger partial charge in [-0.05, 0) is 11.6 Å². The molecule has 0 atom stereocenters. The van der Waals surface area contributed by atoms with Crippen LogP contribution in [0.15, 0.2) is 47.6 Å². The van der Waals surface area contributed by atoms with Crippen LogP contribution in [0.3, 0.4) is 0 Å². The third-order valence-corrected chi connectivity index (χ3v) is 3.80. The van der Waals surface area contributed by atoms with Crippen LogP contribution in [-0.4, -0.2) is 14.9 Å². The van der Waals surface area contributed by atoms with Gasteiger partial charge in [0.1, 0.15) is 11.2 Å². The van der Waals surface area contributed by atoms with E-state index < -0.39 is 4.92 Å². The van der Waals surface area contributed by atoms with E-state index in [0.29, 0.717) is 15.8 Å². The number of nitrogens with two attached hydrogens (primary N) is 1. The molecule has 0 bridgehead atoms. The van der Waals surface area contributed by atoms with Gasteiger partial charge in [-0.1, -0.05) is 36.5 Å². The molecule has 0 amide bonds. The molecule has 5 nitrogen and oxygen atoms in total. The van der Waals surface area contributed by atoms with E-state index in [2.05, 4.69) is 4.98 Å². The van der Waals surface area contributed by atoms with E-state index in [0.717, 1.165) is 11.1 Å². The highest BCUT2D eigenvalue weighted by Crippen LogP contribution is 2.24. The summed E-state index contributed by atoms with van der Waals surface area (Å²) in [5.74, 6) is 0.651. The molecule has 1 heterocycles. The molecule has 0 saturated carbocycles. The Labute approximate surface area is 125 Å². The van der Waals surface area contributed by atoms with Crippen molar-refractivity contribution in [1.29, 1.82) is 0 Å². The van der Waals surface area contributed by atoms with Crippen molar-refractivity contribution < 1.29 is 4.92 Å². The molecule has 1 aromatic heterocycles. The highest BCUT2D eigenvalue weighted by molar-refractivity contribution is 7.98. The summed E-state index contributed by atoms with van der Waals surface area (Å²) < 4.78 is 0. The Balaban J connectivity index is 2.09. The monoisotopic (exact) mass is 305 g/mol. The topological polar surface area (TPSA) is 82.0 Å². The first-order chi connectivity index (χ1) is 9.58. The molecular formula is C13H11N3O2S2. The van der Waals surface area contributed by atoms with Gasteiger partial charge in [-0.3, -0.25) is 10.1 Å². The molecule has 20 heavy (non-hydrogen) atoms. The van der Waals surface area contributed by atoms with Crippen molar-refractivity contribution in [3.8, 4) is 0 Å². The molecule has 0 aliphatic rings. The van der Waals surface area contributed by atoms with Crippen LogP contribution in [0.2, 0.25) is 0 Å². The third kappa shape index (κ3) is 3.52. The van der Waals surface area contributed by atoms with Gasteiger partial charge in [0.25, 0.3) is 5.69 Å². The second-order valence-electron chi connectivity index (χ2n) is 3.92. The number of hydrogen-bond acceptors (Lipinski definition) is 5. The molecule has 2 N–H and O–H groups in total. The van der Waals surface area contributed by atoms with Crippen LogP contribution in [-0.2, 0) is 5.75 Å². The lowest BCUT2D eigenvalue weighted by atomic mass is 10.1. The molecule has 2 aromatic rings. The molecule has 2 rings (SSSR count). The Morgan fingerprint density at radius 3 is 2.70 bits per heavy atom. The zero-order valence-electron chi connectivity index (χ0n) is 10.4. The average Bonchev–Trinajstić information content (AvgIpc) is 2.45. The summed E-state index contributed by atoms with van der Waals surface area (Å²) in [6.45, 7) is 0. The van der Waals surface area contributed by atoms with E-state index in [1.54, 1.807) is 6.07 Å². The number of pyridine rings is 1. The van der Waals surface area contributed by atoms with E-state index in [9.17, 15) is 10.1 Å². The van der Waals surface area contributed by atoms with E-state index in [1.165, 1.54) is 24.0 Å². The normalized spacial score (nSPS) is 10.2. The summed E-state index contributed by atoms with van der Waals surface area (Å²) in [5, 5.41) is 11.3. The van der Waals surface area contributed by atoms with Crippen molar-refractivity contribution in [2.75, 3.05) is 0 Å². The fourth-order valence-electron chi connectivity index (χ4n) is 1.60. The predicted molar refractivity (Wildman–Crippen MR) is 82.8 cm³/mol. The minimum absolute atomic E-state index is 0.0158. The number of nitro groups is 1. The summed E-state index contributed by atoms with van der Waals surface area (Å²) in [5.41, 5.74) is 7.52. The molecule has 0 spiro atoms. The number of thiocarbonyl (C=S) groups is 1. The molecule has 102 valence electrons. The van der Waals surface area contributed by atoms with Crippen LogP contribution in [0.5, 0.6) is 0 Å². The summed E-state index contributed by atoms with van der Waals surface area (Å²) in [6, 6.07) is 10.7. The first-order valence-corrected chi connectivity index (χ1v) is 7.08. The fraction of sp³-hybridized carbons (Fsp3) is 0.0769. The van der Waals surface area contributed by atoms with E-state index in [4.69, 9.17) is 18.0 Å². The summed E-state index contributed by atoms with van der Waals surface area (Å²) >= 11 is 6.48. The lowest BCUT2D eigenvalue weighted by molar-refractivity contribution is -0.385. The van der Waals surface area contributed by atoms with E-state index >= 15 is 0 Å². The van der Waals surface area contributed by atoms with Crippen molar-refractivity contribution in [1.82, 2.24) is 4.98 Å². The van der Waals surface area contributed by atoms with Crippen LogP contribution >= 0.6 is 24.0 Å². The number of nitrogens with zero attached hydrogens (tertiary/aromatic N) is 2. The van der Waals surface area contributed by atoms with Gasteiger partial charge in [0.15, 0.2) is 0 Å². The Kier molecular flexibility index (Phi) is 4.65. The standard InChI is InChI=1S/C13H11N3O2S2/c14-13(19)11-4-2-1-3-9(11)8-20-12-6-5-10(7-15-12)16(17)18/h1-7H,8H2,(H2,14,19). The molecule has 1 aromatic carbocycles. The lowest BCUT2D eigenvalue weighted by Gasteiger charge is -2.07. The van der Waals surface area contributed by atoms with Gasteiger partial charge in [0.2, 0.25) is 0 Å². The van der Waals surface area contributed by atoms with Crippen LogP contribution in [0.25, 0.3) is 0 Å². The minimum atomic E-state index is -0.469. The molecule has 7 heteroatoms. The Hall–Kier alpha value is -1.99. The molecule has 0 radical (unpaired) electrons. The van der Waals surface area contributed by atoms with Crippen molar-refractivity contribution >= 4 is 34.7 Å². The van der Waals surface area contributed by atoms with Crippen LogP contribution < -0.4 is 5.73 Å². The highest BCUT2D eigenvalue weighted by atomic mass is 32.2. The Bertz CT molecular complexity index is 644. The highest BCUT2D eigenvalue weighted by Gasteiger charge is 2.08. The molecule has 0 aliphatic carbocycles. The van der Waals surface area contributed by atoms with E-state index in [1.807, 2.05) is 24.3 Å². The number of hydrogen-bond donors (Lipinski definition) is 1. The van der Waals surface area contributed by atoms with Gasteiger partial charge >= 0.3 is 0 Å². The smallest absolute Gasteiger partial charge is 0.287 e. The van der Waals surface area contributed by atoms with E-state index in [-0.39, 0.29) is 5.69 Å². The van der Waals surface area contributed by atoms with Gasteiger partial charge in [-0.15, -0.1) is 11.8 Å². The SMILES string of the molecule is NC(=S)c1ccccc1CSc1ccc([N+](=O)[O-])cn1. The van der Waals surface area contributed by atoms with Gasteiger partial charge < -0.3 is 5.73 Å². The maximum atomic E-state index is 10.5. The largest absolute Gasteiger partial charge is 0.389 e. The average molecular weight is 305 g/mol. The quantitative estimate of drug-likeness (QED) is 0.396. The minimum Gasteiger partial charge on any atom is -0.389 e. The zero-order chi connectivity index (χ0) is 14.5. The number of rotatable bonds is 5. The molecular weight excluding hydrogens is 294 g/mol. The summed E-state index contributed by atoms with van der Waals surface area (Å²) in [4.78, 5) is 14.5. The summed E-state index contributed by atoms with van der Waals surface area (Å²) in [6.07, 6.45) is 1.25. The fourth-order valence-corrected chi connectivity index (χ4v) is 2.65. The summed E-state index contributed by atoms with van der Waals surface area (Å²) in [7, 11) is 0. The number of aromatic nitrogens is 1. The lowest BCUT2D eigenvalue weighted by Crippen LogP contribution is -2.11. The van der Waals surface area contributed by atoms with Crippen molar-refractivity contribution in [2.24, 2.45) is 5.73 Å². The molecule has 0 fully saturated rings. The van der Waals surface area contributed by atoms with Crippen LogP contribution in [0.1, 0.15) is 11.1 Å².